The van der Waals surface area contributed by atoms with Crippen LogP contribution in [0.3, 0.4) is 0 Å². The lowest BCUT2D eigenvalue weighted by molar-refractivity contribution is 0.0947. The van der Waals surface area contributed by atoms with Crippen LogP contribution in [0.4, 0.5) is 0 Å². The van der Waals surface area contributed by atoms with Crippen molar-refractivity contribution in [3.8, 4) is 0 Å². The van der Waals surface area contributed by atoms with E-state index in [0.717, 1.165) is 4.88 Å². The summed E-state index contributed by atoms with van der Waals surface area (Å²) >= 11 is 1.64. The van der Waals surface area contributed by atoms with Gasteiger partial charge in [0.25, 0.3) is 5.91 Å². The molecule has 3 aromatic heterocycles. The van der Waals surface area contributed by atoms with Crippen molar-refractivity contribution in [3.05, 3.63) is 57.9 Å². The molecule has 0 aliphatic rings. The van der Waals surface area contributed by atoms with Crippen molar-refractivity contribution in [2.45, 2.75) is 19.9 Å². The minimum absolute atomic E-state index is 0.0283. The molecule has 3 aromatic rings. The summed E-state index contributed by atoms with van der Waals surface area (Å²) in [5, 5.41) is 13.1. The van der Waals surface area contributed by atoms with Crippen molar-refractivity contribution in [3.63, 3.8) is 0 Å². The summed E-state index contributed by atoms with van der Waals surface area (Å²) < 4.78 is 6.89. The molecule has 0 saturated heterocycles. The Morgan fingerprint density at radius 1 is 1.45 bits per heavy atom. The predicted octanol–water partition coefficient (Wildman–Crippen LogP) is 2.57. The molecule has 0 spiro atoms. The standard InChI is InChI=1S/C15H16N4O2S/c1-10-14(11(2)21-18-10)15(20)16-9-12(13-5-3-8-22-13)19-7-4-6-17-19/h3-8,12H,9H2,1-2H3,(H,16,20). The number of amides is 1. The number of aryl methyl sites for hydroxylation is 2. The summed E-state index contributed by atoms with van der Waals surface area (Å²) in [5.74, 6) is 0.353. The minimum Gasteiger partial charge on any atom is -0.361 e. The van der Waals surface area contributed by atoms with Gasteiger partial charge >= 0.3 is 0 Å². The molecule has 0 bridgehead atoms. The first kappa shape index (κ1) is 14.5. The molecular formula is C15H16N4O2S. The monoisotopic (exact) mass is 316 g/mol. The first-order chi connectivity index (χ1) is 10.7. The van der Waals surface area contributed by atoms with Crippen molar-refractivity contribution in [2.75, 3.05) is 6.54 Å². The van der Waals surface area contributed by atoms with Gasteiger partial charge in [-0.05, 0) is 31.4 Å². The Morgan fingerprint density at radius 2 is 2.32 bits per heavy atom. The van der Waals surface area contributed by atoms with Crippen LogP contribution in [0.1, 0.15) is 32.7 Å². The normalized spacial score (nSPS) is 12.3. The average Bonchev–Trinajstić information content (AvgIpc) is 3.22. The number of hydrogen-bond donors (Lipinski definition) is 1. The van der Waals surface area contributed by atoms with E-state index in [1.165, 1.54) is 0 Å². The number of carbonyl (C=O) groups excluding carboxylic acids is 1. The van der Waals surface area contributed by atoms with E-state index in [4.69, 9.17) is 4.52 Å². The van der Waals surface area contributed by atoms with E-state index in [0.29, 0.717) is 23.6 Å². The van der Waals surface area contributed by atoms with Crippen LogP contribution in [0.2, 0.25) is 0 Å². The molecule has 0 saturated carbocycles. The molecule has 1 unspecified atom stereocenters. The van der Waals surface area contributed by atoms with Crippen LogP contribution in [0.5, 0.6) is 0 Å². The number of aromatic nitrogens is 3. The van der Waals surface area contributed by atoms with E-state index in [9.17, 15) is 4.79 Å². The number of carbonyl (C=O) groups is 1. The quantitative estimate of drug-likeness (QED) is 0.785. The third-order valence-corrected chi connectivity index (χ3v) is 4.41. The summed E-state index contributed by atoms with van der Waals surface area (Å²) in [6.45, 7) is 3.94. The fourth-order valence-corrected chi connectivity index (χ4v) is 3.18. The summed E-state index contributed by atoms with van der Waals surface area (Å²) in [4.78, 5) is 13.5. The fourth-order valence-electron chi connectivity index (χ4n) is 2.36. The van der Waals surface area contributed by atoms with Crippen LogP contribution in [0.25, 0.3) is 0 Å². The fraction of sp³-hybridized carbons (Fsp3) is 0.267. The van der Waals surface area contributed by atoms with E-state index in [2.05, 4.69) is 15.6 Å². The van der Waals surface area contributed by atoms with Gasteiger partial charge in [-0.2, -0.15) is 5.10 Å². The van der Waals surface area contributed by atoms with Gasteiger partial charge in [0.1, 0.15) is 17.4 Å². The Morgan fingerprint density at radius 3 is 2.91 bits per heavy atom. The second-order valence-electron chi connectivity index (χ2n) is 4.93. The summed E-state index contributed by atoms with van der Waals surface area (Å²) in [6, 6.07) is 5.88. The summed E-state index contributed by atoms with van der Waals surface area (Å²) in [7, 11) is 0. The number of nitrogens with zero attached hydrogens (tertiary/aromatic N) is 3. The maximum atomic E-state index is 12.4. The zero-order chi connectivity index (χ0) is 15.5. The van der Waals surface area contributed by atoms with Crippen molar-refractivity contribution in [1.82, 2.24) is 20.3 Å². The first-order valence-corrected chi connectivity index (χ1v) is 7.78. The summed E-state index contributed by atoms with van der Waals surface area (Å²) in [6.07, 6.45) is 3.63. The van der Waals surface area contributed by atoms with Crippen LogP contribution in [-0.2, 0) is 0 Å². The molecule has 0 fully saturated rings. The lowest BCUT2D eigenvalue weighted by Gasteiger charge is -2.17. The van der Waals surface area contributed by atoms with E-state index in [1.807, 2.05) is 34.5 Å². The molecule has 114 valence electrons. The SMILES string of the molecule is Cc1noc(C)c1C(=O)NCC(c1cccs1)n1cccn1. The third-order valence-electron chi connectivity index (χ3n) is 3.43. The smallest absolute Gasteiger partial charge is 0.256 e. The molecule has 1 atom stereocenters. The van der Waals surface area contributed by atoms with Gasteiger partial charge in [0.05, 0.1) is 5.69 Å². The molecule has 0 aromatic carbocycles. The van der Waals surface area contributed by atoms with Crippen LogP contribution in [0, 0.1) is 13.8 Å². The Hall–Kier alpha value is -2.41. The molecule has 1 amide bonds. The van der Waals surface area contributed by atoms with Gasteiger partial charge < -0.3 is 9.84 Å². The number of rotatable bonds is 5. The Kier molecular flexibility index (Phi) is 4.06. The molecule has 3 rings (SSSR count). The van der Waals surface area contributed by atoms with E-state index >= 15 is 0 Å². The van der Waals surface area contributed by atoms with E-state index in [1.54, 1.807) is 31.4 Å². The minimum atomic E-state index is -0.176. The second kappa shape index (κ2) is 6.15. The maximum Gasteiger partial charge on any atom is 0.256 e. The first-order valence-electron chi connectivity index (χ1n) is 6.90. The molecule has 0 aliphatic heterocycles. The van der Waals surface area contributed by atoms with Crippen molar-refractivity contribution >= 4 is 17.2 Å². The highest BCUT2D eigenvalue weighted by Gasteiger charge is 2.20. The lowest BCUT2D eigenvalue weighted by Crippen LogP contribution is -2.31. The number of hydrogen-bond acceptors (Lipinski definition) is 5. The highest BCUT2D eigenvalue weighted by atomic mass is 32.1. The van der Waals surface area contributed by atoms with Gasteiger partial charge in [0.15, 0.2) is 0 Å². The third kappa shape index (κ3) is 2.80. The Bertz CT molecular complexity index is 693. The molecule has 0 radical (unpaired) electrons. The van der Waals surface area contributed by atoms with Crippen molar-refractivity contribution in [2.24, 2.45) is 0 Å². The number of nitrogens with one attached hydrogen (secondary N) is 1. The molecule has 6 nitrogen and oxygen atoms in total. The van der Waals surface area contributed by atoms with Crippen LogP contribution in [-0.4, -0.2) is 27.4 Å². The van der Waals surface area contributed by atoms with Gasteiger partial charge in [0.2, 0.25) is 0 Å². The molecule has 0 aliphatic carbocycles. The zero-order valence-electron chi connectivity index (χ0n) is 12.3. The molecule has 22 heavy (non-hydrogen) atoms. The highest BCUT2D eigenvalue weighted by molar-refractivity contribution is 7.10. The Labute approximate surface area is 131 Å². The Balaban J connectivity index is 1.77. The zero-order valence-corrected chi connectivity index (χ0v) is 13.1. The average molecular weight is 316 g/mol. The number of thiophene rings is 1. The van der Waals surface area contributed by atoms with Gasteiger partial charge in [-0.1, -0.05) is 11.2 Å². The van der Waals surface area contributed by atoms with Gasteiger partial charge in [-0.15, -0.1) is 11.3 Å². The van der Waals surface area contributed by atoms with Crippen LogP contribution >= 0.6 is 11.3 Å². The molecule has 3 heterocycles. The lowest BCUT2D eigenvalue weighted by atomic mass is 10.2. The maximum absolute atomic E-state index is 12.4. The van der Waals surface area contributed by atoms with Crippen LogP contribution in [0.15, 0.2) is 40.5 Å². The van der Waals surface area contributed by atoms with Crippen LogP contribution < -0.4 is 5.32 Å². The van der Waals surface area contributed by atoms with E-state index in [-0.39, 0.29) is 11.9 Å². The largest absolute Gasteiger partial charge is 0.361 e. The topological polar surface area (TPSA) is 73.0 Å². The van der Waals surface area contributed by atoms with Gasteiger partial charge in [0, 0.05) is 23.8 Å². The van der Waals surface area contributed by atoms with E-state index < -0.39 is 0 Å². The van der Waals surface area contributed by atoms with Gasteiger partial charge in [-0.3, -0.25) is 9.48 Å². The molecular weight excluding hydrogens is 300 g/mol. The van der Waals surface area contributed by atoms with Gasteiger partial charge in [-0.25, -0.2) is 0 Å². The predicted molar refractivity (Wildman–Crippen MR) is 83.0 cm³/mol. The molecule has 7 heteroatoms. The molecule has 1 N–H and O–H groups in total. The van der Waals surface area contributed by atoms with Crippen molar-refractivity contribution < 1.29 is 9.32 Å². The highest BCUT2D eigenvalue weighted by Crippen LogP contribution is 2.22. The second-order valence-corrected chi connectivity index (χ2v) is 5.91. The van der Waals surface area contributed by atoms with Crippen molar-refractivity contribution in [1.29, 1.82) is 0 Å². The summed E-state index contributed by atoms with van der Waals surface area (Å²) in [5.41, 5.74) is 1.10.